The summed E-state index contributed by atoms with van der Waals surface area (Å²) in [5.74, 6) is 2.82. The van der Waals surface area contributed by atoms with Gasteiger partial charge in [0.1, 0.15) is 6.61 Å². The minimum atomic E-state index is -0.256. The van der Waals surface area contributed by atoms with Gasteiger partial charge in [-0.05, 0) is 41.8 Å². The quantitative estimate of drug-likeness (QED) is 0.657. The Hall–Kier alpha value is -2.64. The summed E-state index contributed by atoms with van der Waals surface area (Å²) in [7, 11) is 6.27. The lowest BCUT2D eigenvalue weighted by atomic mass is 10.0. The van der Waals surface area contributed by atoms with Gasteiger partial charge in [-0.2, -0.15) is 0 Å². The maximum absolute atomic E-state index is 9.05. The highest BCUT2D eigenvalue weighted by atomic mass is 16.5. The van der Waals surface area contributed by atoms with Crippen LogP contribution < -0.4 is 29.4 Å². The SMILES string of the molecule is COc1cc(C(N)CCO)ccc1OCc1cc(OC)c(OC)c(OC)c1. The lowest BCUT2D eigenvalue weighted by Gasteiger charge is -2.17. The summed E-state index contributed by atoms with van der Waals surface area (Å²) in [4.78, 5) is 0. The number of benzene rings is 2. The first-order valence-electron chi connectivity index (χ1n) is 8.54. The van der Waals surface area contributed by atoms with E-state index in [4.69, 9.17) is 34.5 Å². The average Bonchev–Trinajstić information content (AvgIpc) is 2.71. The van der Waals surface area contributed by atoms with Crippen molar-refractivity contribution in [1.29, 1.82) is 0 Å². The Kier molecular flexibility index (Phi) is 7.57. The number of methoxy groups -OCH3 is 4. The smallest absolute Gasteiger partial charge is 0.203 e. The Bertz CT molecular complexity index is 724. The molecule has 27 heavy (non-hydrogen) atoms. The van der Waals surface area contributed by atoms with E-state index in [1.54, 1.807) is 28.4 Å². The molecule has 7 heteroatoms. The van der Waals surface area contributed by atoms with Gasteiger partial charge in [0, 0.05) is 12.6 Å². The molecule has 2 aromatic rings. The normalized spacial score (nSPS) is 11.6. The van der Waals surface area contributed by atoms with Gasteiger partial charge in [0.15, 0.2) is 23.0 Å². The average molecular weight is 377 g/mol. The number of nitrogens with two attached hydrogens (primary N) is 1. The van der Waals surface area contributed by atoms with Crippen molar-refractivity contribution in [2.24, 2.45) is 5.73 Å². The first-order valence-corrected chi connectivity index (χ1v) is 8.54. The van der Waals surface area contributed by atoms with E-state index in [1.165, 1.54) is 0 Å². The molecular formula is C20H27NO6. The van der Waals surface area contributed by atoms with E-state index in [2.05, 4.69) is 0 Å². The third-order valence-electron chi connectivity index (χ3n) is 4.17. The van der Waals surface area contributed by atoms with Crippen molar-refractivity contribution in [3.63, 3.8) is 0 Å². The van der Waals surface area contributed by atoms with Gasteiger partial charge in [0.2, 0.25) is 5.75 Å². The van der Waals surface area contributed by atoms with Crippen LogP contribution in [0.3, 0.4) is 0 Å². The van der Waals surface area contributed by atoms with Crippen molar-refractivity contribution < 1.29 is 28.8 Å². The molecule has 0 fully saturated rings. The second-order valence-corrected chi connectivity index (χ2v) is 5.85. The van der Waals surface area contributed by atoms with Gasteiger partial charge < -0.3 is 34.5 Å². The van der Waals surface area contributed by atoms with Crippen molar-refractivity contribution in [3.05, 3.63) is 41.5 Å². The zero-order valence-corrected chi connectivity index (χ0v) is 16.2. The summed E-state index contributed by atoms with van der Waals surface area (Å²) in [5, 5.41) is 9.05. The standard InChI is InChI=1S/C20H27NO6/c1-23-17-11-14(15(21)7-8-22)5-6-16(17)27-12-13-9-18(24-2)20(26-4)19(10-13)25-3/h5-6,9-11,15,22H,7-8,12,21H2,1-4H3. The number of aliphatic hydroxyl groups is 1. The fourth-order valence-electron chi connectivity index (χ4n) is 2.72. The molecule has 0 amide bonds. The van der Waals surface area contributed by atoms with E-state index < -0.39 is 0 Å². The van der Waals surface area contributed by atoms with Gasteiger partial charge in [-0.15, -0.1) is 0 Å². The van der Waals surface area contributed by atoms with E-state index in [0.717, 1.165) is 11.1 Å². The molecule has 2 aromatic carbocycles. The van der Waals surface area contributed by atoms with E-state index in [0.29, 0.717) is 35.2 Å². The van der Waals surface area contributed by atoms with Crippen LogP contribution in [0.4, 0.5) is 0 Å². The zero-order chi connectivity index (χ0) is 19.8. The van der Waals surface area contributed by atoms with Crippen LogP contribution in [0.1, 0.15) is 23.6 Å². The molecule has 7 nitrogen and oxygen atoms in total. The molecular weight excluding hydrogens is 350 g/mol. The summed E-state index contributed by atoms with van der Waals surface area (Å²) in [6.45, 7) is 0.317. The first-order chi connectivity index (χ1) is 13.1. The first kappa shape index (κ1) is 20.7. The molecule has 0 heterocycles. The molecule has 0 saturated heterocycles. The fourth-order valence-corrected chi connectivity index (χ4v) is 2.72. The summed E-state index contributed by atoms with van der Waals surface area (Å²) in [6.07, 6.45) is 0.481. The predicted octanol–water partition coefficient (Wildman–Crippen LogP) is 2.68. The molecule has 3 N–H and O–H groups in total. The van der Waals surface area contributed by atoms with Gasteiger partial charge in [0.25, 0.3) is 0 Å². The largest absolute Gasteiger partial charge is 0.493 e. The van der Waals surface area contributed by atoms with Gasteiger partial charge >= 0.3 is 0 Å². The maximum atomic E-state index is 9.05. The molecule has 148 valence electrons. The van der Waals surface area contributed by atoms with Gasteiger partial charge in [-0.3, -0.25) is 0 Å². The second kappa shape index (κ2) is 9.89. The predicted molar refractivity (Wildman–Crippen MR) is 102 cm³/mol. The molecule has 1 atom stereocenters. The molecule has 2 rings (SSSR count). The fraction of sp³-hybridized carbons (Fsp3) is 0.400. The second-order valence-electron chi connectivity index (χ2n) is 5.85. The summed E-state index contributed by atoms with van der Waals surface area (Å²) in [6, 6.07) is 8.91. The van der Waals surface area contributed by atoms with E-state index in [-0.39, 0.29) is 19.3 Å². The highest BCUT2D eigenvalue weighted by Gasteiger charge is 2.15. The topological polar surface area (TPSA) is 92.4 Å². The Morgan fingerprint density at radius 3 is 2.00 bits per heavy atom. The van der Waals surface area contributed by atoms with E-state index >= 15 is 0 Å². The molecule has 0 spiro atoms. The van der Waals surface area contributed by atoms with Crippen molar-refractivity contribution in [2.45, 2.75) is 19.1 Å². The molecule has 0 saturated carbocycles. The van der Waals surface area contributed by atoms with Gasteiger partial charge in [-0.1, -0.05) is 6.07 Å². The highest BCUT2D eigenvalue weighted by Crippen LogP contribution is 2.39. The number of hydrogen-bond acceptors (Lipinski definition) is 7. The summed E-state index contributed by atoms with van der Waals surface area (Å²) in [5.41, 5.74) is 7.77. The van der Waals surface area contributed by atoms with Crippen molar-refractivity contribution in [2.75, 3.05) is 35.0 Å². The van der Waals surface area contributed by atoms with Gasteiger partial charge in [-0.25, -0.2) is 0 Å². The van der Waals surface area contributed by atoms with Crippen LogP contribution in [0.15, 0.2) is 30.3 Å². The highest BCUT2D eigenvalue weighted by molar-refractivity contribution is 5.54. The lowest BCUT2D eigenvalue weighted by molar-refractivity contribution is 0.274. The van der Waals surface area contributed by atoms with E-state index in [1.807, 2.05) is 30.3 Å². The van der Waals surface area contributed by atoms with Crippen LogP contribution in [-0.4, -0.2) is 40.2 Å². The van der Waals surface area contributed by atoms with Crippen molar-refractivity contribution >= 4 is 0 Å². The van der Waals surface area contributed by atoms with Crippen LogP contribution in [0.25, 0.3) is 0 Å². The molecule has 0 aliphatic carbocycles. The molecule has 0 radical (unpaired) electrons. The molecule has 0 bridgehead atoms. The van der Waals surface area contributed by atoms with Crippen LogP contribution in [-0.2, 0) is 6.61 Å². The zero-order valence-electron chi connectivity index (χ0n) is 16.2. The summed E-state index contributed by atoms with van der Waals surface area (Å²) < 4.78 is 27.4. The molecule has 0 aromatic heterocycles. The maximum Gasteiger partial charge on any atom is 0.203 e. The third-order valence-corrected chi connectivity index (χ3v) is 4.17. The van der Waals surface area contributed by atoms with Crippen LogP contribution in [0.2, 0.25) is 0 Å². The Balaban J connectivity index is 2.21. The lowest BCUT2D eigenvalue weighted by Crippen LogP contribution is -2.12. The van der Waals surface area contributed by atoms with Crippen molar-refractivity contribution in [1.82, 2.24) is 0 Å². The summed E-state index contributed by atoms with van der Waals surface area (Å²) >= 11 is 0. The third kappa shape index (κ3) is 4.96. The van der Waals surface area contributed by atoms with Gasteiger partial charge in [0.05, 0.1) is 28.4 Å². The number of rotatable bonds is 10. The minimum Gasteiger partial charge on any atom is -0.493 e. The molecule has 0 aliphatic heterocycles. The Morgan fingerprint density at radius 1 is 0.852 bits per heavy atom. The van der Waals surface area contributed by atoms with E-state index in [9.17, 15) is 0 Å². The number of aliphatic hydroxyl groups excluding tert-OH is 1. The van der Waals surface area contributed by atoms with Crippen LogP contribution in [0.5, 0.6) is 28.7 Å². The minimum absolute atomic E-state index is 0.0306. The Morgan fingerprint density at radius 2 is 1.48 bits per heavy atom. The molecule has 0 aliphatic rings. The molecule has 1 unspecified atom stereocenters. The Labute approximate surface area is 159 Å². The number of ether oxygens (including phenoxy) is 5. The van der Waals surface area contributed by atoms with Crippen LogP contribution >= 0.6 is 0 Å². The monoisotopic (exact) mass is 377 g/mol. The van der Waals surface area contributed by atoms with Crippen LogP contribution in [0, 0.1) is 0 Å². The number of hydrogen-bond donors (Lipinski definition) is 2. The van der Waals surface area contributed by atoms with Crippen molar-refractivity contribution in [3.8, 4) is 28.7 Å².